The molecule has 0 aliphatic heterocycles. The summed E-state index contributed by atoms with van der Waals surface area (Å²) < 4.78 is 2.45. The van der Waals surface area contributed by atoms with Crippen LogP contribution < -0.4 is 15.6 Å². The molecule has 0 radical (unpaired) electrons. The number of aromatic nitrogens is 2. The first-order valence-electron chi connectivity index (χ1n) is 2.42. The summed E-state index contributed by atoms with van der Waals surface area (Å²) in [6, 6.07) is 1.22. The highest BCUT2D eigenvalue weighted by atomic mass is 79.9. The summed E-state index contributed by atoms with van der Waals surface area (Å²) >= 11 is 2.85. The normalized spacial score (nSPS) is 9.30. The van der Waals surface area contributed by atoms with E-state index in [0.29, 0.717) is 5.82 Å². The van der Waals surface area contributed by atoms with Crippen LogP contribution in [0.1, 0.15) is 0 Å². The molecule has 10 heavy (non-hydrogen) atoms. The Balaban J connectivity index is 3.33. The smallest absolute Gasteiger partial charge is 0.308 e. The lowest BCUT2D eigenvalue weighted by molar-refractivity contribution is 1.05. The van der Waals surface area contributed by atoms with Crippen molar-refractivity contribution < 1.29 is 0 Å². The molecule has 3 N–H and O–H groups in total. The maximum atomic E-state index is 10.5. The van der Waals surface area contributed by atoms with Gasteiger partial charge in [-0.2, -0.15) is 0 Å². The minimum absolute atomic E-state index is 0.328. The van der Waals surface area contributed by atoms with E-state index < -0.39 is 11.2 Å². The van der Waals surface area contributed by atoms with Gasteiger partial charge in [0, 0.05) is 22.2 Å². The molecule has 0 saturated heterocycles. The van der Waals surface area contributed by atoms with Crippen LogP contribution in [0.2, 0.25) is 0 Å². The summed E-state index contributed by atoms with van der Waals surface area (Å²) in [4.78, 5) is 25.4. The van der Waals surface area contributed by atoms with Gasteiger partial charge in [0.25, 0.3) is 5.56 Å². The molecule has 6 heteroatoms. The predicted octanol–water partition coefficient (Wildman–Crippen LogP) is -0.215. The topological polar surface area (TPSA) is 77.8 Å². The van der Waals surface area contributed by atoms with Gasteiger partial charge in [0.15, 0.2) is 0 Å². The third-order valence-electron chi connectivity index (χ3n) is 0.862. The Bertz CT molecular complexity index is 300. The fourth-order valence-electron chi connectivity index (χ4n) is 0.520. The van der Waals surface area contributed by atoms with Gasteiger partial charge in [0.05, 0.1) is 0 Å². The molecular formula is C4H4BrN3O2. The van der Waals surface area contributed by atoms with E-state index in [1.807, 2.05) is 4.98 Å². The van der Waals surface area contributed by atoms with Crippen LogP contribution in [-0.2, 0) is 0 Å². The standard InChI is InChI=1S/C4H4BrN3O2/c5-8-2-1-3(9)7-4(10)6-2/h1H,(H3,6,7,8,9,10). The molecule has 5 nitrogen and oxygen atoms in total. The summed E-state index contributed by atoms with van der Waals surface area (Å²) in [6.45, 7) is 0. The molecule has 0 aliphatic rings. The van der Waals surface area contributed by atoms with Gasteiger partial charge in [0.1, 0.15) is 5.82 Å². The van der Waals surface area contributed by atoms with Crippen LogP contribution >= 0.6 is 16.1 Å². The highest BCUT2D eigenvalue weighted by Gasteiger charge is 1.90. The monoisotopic (exact) mass is 205 g/mol. The molecule has 0 spiro atoms. The van der Waals surface area contributed by atoms with Crippen molar-refractivity contribution in [3.63, 3.8) is 0 Å². The van der Waals surface area contributed by atoms with E-state index in [1.54, 1.807) is 0 Å². The number of nitrogens with one attached hydrogen (secondary N) is 3. The van der Waals surface area contributed by atoms with Crippen LogP contribution in [0.3, 0.4) is 0 Å². The summed E-state index contributed by atoms with van der Waals surface area (Å²) in [5, 5.41) is 0. The lowest BCUT2D eigenvalue weighted by Crippen LogP contribution is -2.21. The molecule has 0 aliphatic carbocycles. The minimum atomic E-state index is -0.533. The van der Waals surface area contributed by atoms with Crippen molar-refractivity contribution in [3.8, 4) is 0 Å². The summed E-state index contributed by atoms with van der Waals surface area (Å²) in [5.41, 5.74) is -0.972. The molecule has 0 amide bonds. The van der Waals surface area contributed by atoms with Crippen molar-refractivity contribution >= 4 is 22.0 Å². The number of H-pyrrole nitrogens is 2. The van der Waals surface area contributed by atoms with Gasteiger partial charge in [-0.15, -0.1) is 0 Å². The van der Waals surface area contributed by atoms with Gasteiger partial charge >= 0.3 is 5.69 Å². The van der Waals surface area contributed by atoms with Crippen LogP contribution in [0.4, 0.5) is 5.82 Å². The van der Waals surface area contributed by atoms with E-state index in [4.69, 9.17) is 0 Å². The van der Waals surface area contributed by atoms with Crippen LogP contribution in [0.25, 0.3) is 0 Å². The Morgan fingerprint density at radius 3 is 2.60 bits per heavy atom. The van der Waals surface area contributed by atoms with E-state index >= 15 is 0 Å². The van der Waals surface area contributed by atoms with Crippen LogP contribution in [0.5, 0.6) is 0 Å². The maximum Gasteiger partial charge on any atom is 0.327 e. The van der Waals surface area contributed by atoms with Gasteiger partial charge in [-0.25, -0.2) is 4.79 Å². The maximum absolute atomic E-state index is 10.5. The molecule has 1 aromatic rings. The van der Waals surface area contributed by atoms with Crippen molar-refractivity contribution in [1.82, 2.24) is 9.97 Å². The zero-order valence-electron chi connectivity index (χ0n) is 4.77. The summed E-state index contributed by atoms with van der Waals surface area (Å²) in [5.74, 6) is 0.328. The van der Waals surface area contributed by atoms with Gasteiger partial charge in [-0.05, 0) is 0 Å². The largest absolute Gasteiger partial charge is 0.327 e. The van der Waals surface area contributed by atoms with Crippen LogP contribution in [0.15, 0.2) is 15.7 Å². The number of anilines is 1. The number of rotatable bonds is 1. The number of halogens is 1. The lowest BCUT2D eigenvalue weighted by Gasteiger charge is -1.92. The second-order valence-corrected chi connectivity index (χ2v) is 1.99. The van der Waals surface area contributed by atoms with E-state index in [0.717, 1.165) is 0 Å². The molecule has 0 fully saturated rings. The van der Waals surface area contributed by atoms with Gasteiger partial charge in [0.2, 0.25) is 0 Å². The second kappa shape index (κ2) is 2.70. The van der Waals surface area contributed by atoms with Gasteiger partial charge in [-0.3, -0.25) is 14.8 Å². The zero-order chi connectivity index (χ0) is 7.56. The minimum Gasteiger partial charge on any atom is -0.308 e. The van der Waals surface area contributed by atoms with Gasteiger partial charge in [-0.1, -0.05) is 0 Å². The third-order valence-corrected chi connectivity index (χ3v) is 1.29. The van der Waals surface area contributed by atoms with Crippen molar-refractivity contribution in [3.05, 3.63) is 26.9 Å². The fraction of sp³-hybridized carbons (Fsp3) is 0. The zero-order valence-corrected chi connectivity index (χ0v) is 6.36. The highest BCUT2D eigenvalue weighted by Crippen LogP contribution is 1.94. The number of aromatic amines is 2. The third kappa shape index (κ3) is 1.47. The first-order valence-corrected chi connectivity index (χ1v) is 3.22. The Kier molecular flexibility index (Phi) is 1.91. The van der Waals surface area contributed by atoms with Crippen molar-refractivity contribution in [2.75, 3.05) is 4.34 Å². The molecule has 0 unspecified atom stereocenters. The van der Waals surface area contributed by atoms with Crippen LogP contribution in [-0.4, -0.2) is 9.97 Å². The predicted molar refractivity (Wildman–Crippen MR) is 40.2 cm³/mol. The van der Waals surface area contributed by atoms with Crippen LogP contribution in [0, 0.1) is 0 Å². The van der Waals surface area contributed by atoms with Crippen molar-refractivity contribution in [2.24, 2.45) is 0 Å². The Morgan fingerprint density at radius 2 is 2.10 bits per heavy atom. The van der Waals surface area contributed by atoms with Crippen molar-refractivity contribution in [2.45, 2.75) is 0 Å². The second-order valence-electron chi connectivity index (χ2n) is 1.60. The Hall–Kier alpha value is -1.04. The quantitative estimate of drug-likeness (QED) is 0.556. The van der Waals surface area contributed by atoms with E-state index in [2.05, 4.69) is 25.5 Å². The molecular weight excluding hydrogens is 202 g/mol. The molecule has 0 bridgehead atoms. The van der Waals surface area contributed by atoms with Crippen molar-refractivity contribution in [1.29, 1.82) is 0 Å². The molecule has 54 valence electrons. The van der Waals surface area contributed by atoms with Gasteiger partial charge < -0.3 is 4.34 Å². The Morgan fingerprint density at radius 1 is 1.40 bits per heavy atom. The molecule has 0 aromatic carbocycles. The fourth-order valence-corrected chi connectivity index (χ4v) is 0.733. The average molecular weight is 206 g/mol. The molecule has 1 aromatic heterocycles. The lowest BCUT2D eigenvalue weighted by atomic mass is 10.6. The Labute approximate surface area is 63.8 Å². The average Bonchev–Trinajstić information content (AvgIpc) is 1.85. The SMILES string of the molecule is O=c1cc(NBr)[nH]c(=O)[nH]1. The molecule has 0 saturated carbocycles. The van der Waals surface area contributed by atoms with E-state index in [1.165, 1.54) is 6.07 Å². The van der Waals surface area contributed by atoms with E-state index in [9.17, 15) is 9.59 Å². The first kappa shape index (κ1) is 7.07. The molecule has 0 atom stereocenters. The number of hydrogen-bond donors (Lipinski definition) is 3. The first-order chi connectivity index (χ1) is 4.72. The summed E-state index contributed by atoms with van der Waals surface area (Å²) in [6.07, 6.45) is 0. The number of hydrogen-bond acceptors (Lipinski definition) is 3. The molecule has 1 heterocycles. The summed E-state index contributed by atoms with van der Waals surface area (Å²) in [7, 11) is 0. The highest BCUT2D eigenvalue weighted by molar-refractivity contribution is 9.10. The molecule has 1 rings (SSSR count). The van der Waals surface area contributed by atoms with E-state index in [-0.39, 0.29) is 0 Å².